The Hall–Kier alpha value is -2.99. The van der Waals surface area contributed by atoms with Gasteiger partial charge in [0.15, 0.2) is 0 Å². The topological polar surface area (TPSA) is 83.9 Å². The molecule has 1 heterocycles. The number of imide groups is 1. The van der Waals surface area contributed by atoms with Crippen molar-refractivity contribution >= 4 is 17.8 Å². The molecule has 0 bridgehead atoms. The maximum absolute atomic E-state index is 12.5. The van der Waals surface area contributed by atoms with Gasteiger partial charge in [-0.05, 0) is 62.4 Å². The smallest absolute Gasteiger partial charge is 0.306 e. The van der Waals surface area contributed by atoms with Crippen molar-refractivity contribution in [2.75, 3.05) is 6.54 Å². The standard InChI is InChI=1S/C24H27NO5/c1-24(2,3)30-21(27)9-8-16-12-17(14-18(13-16)15-26)10-11-25-22(28)19-6-4-5-7-20(19)23(25)29/h4-7,12-14,26H,8-11,15H2,1-3H3. The van der Waals surface area contributed by atoms with Crippen LogP contribution in [0.5, 0.6) is 0 Å². The van der Waals surface area contributed by atoms with Crippen molar-refractivity contribution in [3.05, 3.63) is 70.3 Å². The van der Waals surface area contributed by atoms with E-state index in [0.29, 0.717) is 24.0 Å². The predicted molar refractivity (Wildman–Crippen MR) is 112 cm³/mol. The zero-order valence-corrected chi connectivity index (χ0v) is 17.6. The van der Waals surface area contributed by atoms with Gasteiger partial charge in [-0.15, -0.1) is 0 Å². The van der Waals surface area contributed by atoms with Crippen LogP contribution in [0.3, 0.4) is 0 Å². The number of nitrogens with zero attached hydrogens (tertiary/aromatic N) is 1. The second kappa shape index (κ2) is 8.79. The Balaban J connectivity index is 1.67. The lowest BCUT2D eigenvalue weighted by molar-refractivity contribution is -0.154. The molecular weight excluding hydrogens is 382 g/mol. The molecule has 0 fully saturated rings. The third-order valence-corrected chi connectivity index (χ3v) is 4.84. The van der Waals surface area contributed by atoms with E-state index in [4.69, 9.17) is 4.74 Å². The summed E-state index contributed by atoms with van der Waals surface area (Å²) in [6, 6.07) is 12.5. The van der Waals surface area contributed by atoms with Crippen LogP contribution in [0.2, 0.25) is 0 Å². The molecule has 2 aromatic rings. The van der Waals surface area contributed by atoms with Gasteiger partial charge in [-0.25, -0.2) is 0 Å². The molecule has 0 atom stereocenters. The van der Waals surface area contributed by atoms with Gasteiger partial charge >= 0.3 is 5.97 Å². The van der Waals surface area contributed by atoms with Gasteiger partial charge in [-0.2, -0.15) is 0 Å². The molecule has 0 aliphatic carbocycles. The molecule has 2 amide bonds. The lowest BCUT2D eigenvalue weighted by Gasteiger charge is -2.19. The molecule has 30 heavy (non-hydrogen) atoms. The third kappa shape index (κ3) is 5.13. The van der Waals surface area contributed by atoms with Crippen LogP contribution < -0.4 is 0 Å². The molecule has 2 aromatic carbocycles. The fraction of sp³-hybridized carbons (Fsp3) is 0.375. The van der Waals surface area contributed by atoms with Crippen molar-refractivity contribution in [1.82, 2.24) is 4.90 Å². The number of ether oxygens (including phenoxy) is 1. The Morgan fingerprint density at radius 2 is 1.47 bits per heavy atom. The molecule has 6 nitrogen and oxygen atoms in total. The van der Waals surface area contributed by atoms with Crippen molar-refractivity contribution in [1.29, 1.82) is 0 Å². The molecule has 0 radical (unpaired) electrons. The van der Waals surface area contributed by atoms with Crippen LogP contribution >= 0.6 is 0 Å². The Labute approximate surface area is 176 Å². The summed E-state index contributed by atoms with van der Waals surface area (Å²) in [6.07, 6.45) is 1.20. The lowest BCUT2D eigenvalue weighted by Crippen LogP contribution is -2.31. The highest BCUT2D eigenvalue weighted by Crippen LogP contribution is 2.23. The number of aliphatic hydroxyl groups is 1. The highest BCUT2D eigenvalue weighted by molar-refractivity contribution is 6.21. The number of carbonyl (C=O) groups is 3. The minimum Gasteiger partial charge on any atom is -0.460 e. The largest absolute Gasteiger partial charge is 0.460 e. The van der Waals surface area contributed by atoms with Crippen LogP contribution in [0.4, 0.5) is 0 Å². The second-order valence-corrected chi connectivity index (χ2v) is 8.46. The zero-order chi connectivity index (χ0) is 21.9. The summed E-state index contributed by atoms with van der Waals surface area (Å²) in [4.78, 5) is 38.3. The molecule has 0 aromatic heterocycles. The summed E-state index contributed by atoms with van der Waals surface area (Å²) < 4.78 is 5.35. The molecule has 1 aliphatic rings. The molecule has 0 saturated heterocycles. The third-order valence-electron chi connectivity index (χ3n) is 4.84. The summed E-state index contributed by atoms with van der Waals surface area (Å²) >= 11 is 0. The molecule has 1 N–H and O–H groups in total. The van der Waals surface area contributed by atoms with Gasteiger partial charge in [0, 0.05) is 13.0 Å². The van der Waals surface area contributed by atoms with E-state index in [9.17, 15) is 19.5 Å². The first-order chi connectivity index (χ1) is 14.2. The number of amides is 2. The average molecular weight is 409 g/mol. The molecule has 0 saturated carbocycles. The molecule has 3 rings (SSSR count). The highest BCUT2D eigenvalue weighted by atomic mass is 16.6. The van der Waals surface area contributed by atoms with E-state index in [2.05, 4.69) is 0 Å². The normalized spacial score (nSPS) is 13.5. The maximum atomic E-state index is 12.5. The van der Waals surface area contributed by atoms with E-state index in [1.807, 2.05) is 39.0 Å². The molecule has 0 unspecified atom stereocenters. The number of hydrogen-bond donors (Lipinski definition) is 1. The number of esters is 1. The van der Waals surface area contributed by atoms with Crippen LogP contribution in [-0.4, -0.2) is 39.9 Å². The minimum atomic E-state index is -0.526. The van der Waals surface area contributed by atoms with Gasteiger partial charge in [-0.1, -0.05) is 30.3 Å². The van der Waals surface area contributed by atoms with E-state index < -0.39 is 5.60 Å². The van der Waals surface area contributed by atoms with Gasteiger partial charge in [0.1, 0.15) is 5.60 Å². The minimum absolute atomic E-state index is 0.125. The van der Waals surface area contributed by atoms with E-state index in [-0.39, 0.29) is 37.4 Å². The van der Waals surface area contributed by atoms with Crippen molar-refractivity contribution in [2.24, 2.45) is 0 Å². The molecule has 0 spiro atoms. The van der Waals surface area contributed by atoms with E-state index in [1.54, 1.807) is 24.3 Å². The number of aryl methyl sites for hydroxylation is 1. The number of hydrogen-bond acceptors (Lipinski definition) is 5. The van der Waals surface area contributed by atoms with Crippen molar-refractivity contribution in [2.45, 2.75) is 52.2 Å². The Bertz CT molecular complexity index is 939. The second-order valence-electron chi connectivity index (χ2n) is 8.46. The quantitative estimate of drug-likeness (QED) is 0.560. The fourth-order valence-electron chi connectivity index (χ4n) is 3.54. The molecule has 158 valence electrons. The van der Waals surface area contributed by atoms with Crippen molar-refractivity contribution in [3.8, 4) is 0 Å². The fourth-order valence-corrected chi connectivity index (χ4v) is 3.54. The first-order valence-corrected chi connectivity index (χ1v) is 10.1. The van der Waals surface area contributed by atoms with Crippen molar-refractivity contribution < 1.29 is 24.2 Å². The van der Waals surface area contributed by atoms with Gasteiger partial charge in [0.25, 0.3) is 11.8 Å². The summed E-state index contributed by atoms with van der Waals surface area (Å²) in [5, 5.41) is 9.59. The maximum Gasteiger partial charge on any atom is 0.306 e. The van der Waals surface area contributed by atoms with Gasteiger partial charge in [-0.3, -0.25) is 19.3 Å². The summed E-state index contributed by atoms with van der Waals surface area (Å²) in [7, 11) is 0. The van der Waals surface area contributed by atoms with Crippen molar-refractivity contribution in [3.63, 3.8) is 0 Å². The highest BCUT2D eigenvalue weighted by Gasteiger charge is 2.34. The van der Waals surface area contributed by atoms with Crippen LogP contribution in [0.25, 0.3) is 0 Å². The number of fused-ring (bicyclic) bond motifs is 1. The Morgan fingerprint density at radius 1 is 0.933 bits per heavy atom. The van der Waals surface area contributed by atoms with E-state index >= 15 is 0 Å². The Kier molecular flexibility index (Phi) is 6.37. The summed E-state index contributed by atoms with van der Waals surface area (Å²) in [5.41, 5.74) is 2.88. The first kappa shape index (κ1) is 21.7. The predicted octanol–water partition coefficient (Wildman–Crippen LogP) is 3.29. The van der Waals surface area contributed by atoms with Gasteiger partial charge in [0.2, 0.25) is 0 Å². The number of aliphatic hydroxyl groups excluding tert-OH is 1. The summed E-state index contributed by atoms with van der Waals surface area (Å²) in [6.45, 7) is 5.62. The summed E-state index contributed by atoms with van der Waals surface area (Å²) in [5.74, 6) is -0.831. The SMILES string of the molecule is CC(C)(C)OC(=O)CCc1cc(CO)cc(CCN2C(=O)c3ccccc3C2=O)c1. The molecule has 6 heteroatoms. The Morgan fingerprint density at radius 3 is 2.00 bits per heavy atom. The van der Waals surface area contributed by atoms with Crippen LogP contribution in [0, 0.1) is 0 Å². The number of benzene rings is 2. The van der Waals surface area contributed by atoms with Gasteiger partial charge < -0.3 is 9.84 Å². The van der Waals surface area contributed by atoms with E-state index in [0.717, 1.165) is 16.7 Å². The van der Waals surface area contributed by atoms with Crippen LogP contribution in [0.1, 0.15) is 64.6 Å². The van der Waals surface area contributed by atoms with Gasteiger partial charge in [0.05, 0.1) is 17.7 Å². The van der Waals surface area contributed by atoms with E-state index in [1.165, 1.54) is 4.90 Å². The molecule has 1 aliphatic heterocycles. The lowest BCUT2D eigenvalue weighted by atomic mass is 10.0. The number of carbonyl (C=O) groups excluding carboxylic acids is 3. The van der Waals surface area contributed by atoms with Crippen LogP contribution in [-0.2, 0) is 29.0 Å². The molecular formula is C24H27NO5. The first-order valence-electron chi connectivity index (χ1n) is 10.1. The number of rotatable bonds is 7. The zero-order valence-electron chi connectivity index (χ0n) is 17.6. The average Bonchev–Trinajstić information content (AvgIpc) is 2.94. The van der Waals surface area contributed by atoms with Crippen LogP contribution in [0.15, 0.2) is 42.5 Å². The monoisotopic (exact) mass is 409 g/mol.